The molecule has 0 aliphatic carbocycles. The number of rotatable bonds is 5. The van der Waals surface area contributed by atoms with Crippen LogP contribution in [0.4, 0.5) is 17.2 Å². The SMILES string of the molecule is COc1ccc(Nc2cnc(C(=O)N3CCCc4ccccc43)cn2)cc1OC. The number of aromatic nitrogens is 2. The Morgan fingerprint density at radius 1 is 1.03 bits per heavy atom. The van der Waals surface area contributed by atoms with Crippen LogP contribution in [-0.4, -0.2) is 36.6 Å². The van der Waals surface area contributed by atoms with Crippen molar-refractivity contribution in [3.63, 3.8) is 0 Å². The molecular weight excluding hydrogens is 368 g/mol. The number of anilines is 3. The molecule has 2 aromatic carbocycles. The number of aryl methyl sites for hydroxylation is 1. The highest BCUT2D eigenvalue weighted by molar-refractivity contribution is 6.05. The van der Waals surface area contributed by atoms with E-state index < -0.39 is 0 Å². The summed E-state index contributed by atoms with van der Waals surface area (Å²) in [5.74, 6) is 1.66. The molecule has 7 heteroatoms. The Labute approximate surface area is 169 Å². The molecule has 4 rings (SSSR count). The van der Waals surface area contributed by atoms with Crippen molar-refractivity contribution in [3.8, 4) is 11.5 Å². The van der Waals surface area contributed by atoms with Crippen molar-refractivity contribution in [2.45, 2.75) is 12.8 Å². The number of carbonyl (C=O) groups is 1. The maximum Gasteiger partial charge on any atom is 0.278 e. The number of fused-ring (bicyclic) bond motifs is 1. The number of para-hydroxylation sites is 1. The second-order valence-corrected chi connectivity index (χ2v) is 6.67. The van der Waals surface area contributed by atoms with Crippen molar-refractivity contribution in [1.82, 2.24) is 9.97 Å². The number of carbonyl (C=O) groups excluding carboxylic acids is 1. The lowest BCUT2D eigenvalue weighted by Gasteiger charge is -2.29. The molecule has 0 spiro atoms. The van der Waals surface area contributed by atoms with Gasteiger partial charge >= 0.3 is 0 Å². The molecule has 0 fully saturated rings. The smallest absolute Gasteiger partial charge is 0.278 e. The minimum Gasteiger partial charge on any atom is -0.493 e. The predicted octanol–water partition coefficient (Wildman–Crippen LogP) is 3.83. The molecule has 0 atom stereocenters. The molecule has 1 aromatic heterocycles. The maximum atomic E-state index is 13.0. The first-order chi connectivity index (χ1) is 14.2. The molecular formula is C22H22N4O3. The second-order valence-electron chi connectivity index (χ2n) is 6.67. The molecule has 0 bridgehead atoms. The highest BCUT2D eigenvalue weighted by Crippen LogP contribution is 2.31. The first-order valence-electron chi connectivity index (χ1n) is 9.40. The summed E-state index contributed by atoms with van der Waals surface area (Å²) in [7, 11) is 3.17. The Balaban J connectivity index is 1.51. The van der Waals surface area contributed by atoms with Gasteiger partial charge in [0.25, 0.3) is 5.91 Å². The number of hydrogen-bond acceptors (Lipinski definition) is 6. The van der Waals surface area contributed by atoms with Crippen molar-refractivity contribution >= 4 is 23.1 Å². The van der Waals surface area contributed by atoms with Crippen molar-refractivity contribution < 1.29 is 14.3 Å². The molecule has 1 aliphatic heterocycles. The Morgan fingerprint density at radius 2 is 1.86 bits per heavy atom. The number of hydrogen-bond donors (Lipinski definition) is 1. The quantitative estimate of drug-likeness (QED) is 0.714. The third-order valence-electron chi connectivity index (χ3n) is 4.88. The van der Waals surface area contributed by atoms with E-state index in [1.165, 1.54) is 11.8 Å². The average molecular weight is 390 g/mol. The van der Waals surface area contributed by atoms with Crippen LogP contribution < -0.4 is 19.7 Å². The maximum absolute atomic E-state index is 13.0. The Kier molecular flexibility index (Phi) is 5.29. The van der Waals surface area contributed by atoms with Crippen LogP contribution in [0.5, 0.6) is 11.5 Å². The fraction of sp³-hybridized carbons (Fsp3) is 0.227. The lowest BCUT2D eigenvalue weighted by Crippen LogP contribution is -2.36. The summed E-state index contributed by atoms with van der Waals surface area (Å²) < 4.78 is 10.6. The van der Waals surface area contributed by atoms with Gasteiger partial charge in [-0.2, -0.15) is 0 Å². The number of methoxy groups -OCH3 is 2. The van der Waals surface area contributed by atoms with E-state index in [9.17, 15) is 4.79 Å². The summed E-state index contributed by atoms with van der Waals surface area (Å²) in [6.07, 6.45) is 4.98. The molecule has 1 N–H and O–H groups in total. The monoisotopic (exact) mass is 390 g/mol. The van der Waals surface area contributed by atoms with E-state index in [4.69, 9.17) is 9.47 Å². The number of benzene rings is 2. The van der Waals surface area contributed by atoms with Crippen LogP contribution in [0.1, 0.15) is 22.5 Å². The lowest BCUT2D eigenvalue weighted by molar-refractivity contribution is 0.0980. The molecule has 0 unspecified atom stereocenters. The van der Waals surface area contributed by atoms with Crippen LogP contribution in [0, 0.1) is 0 Å². The minimum atomic E-state index is -0.137. The molecule has 148 valence electrons. The summed E-state index contributed by atoms with van der Waals surface area (Å²) in [5.41, 5.74) is 3.24. The zero-order chi connectivity index (χ0) is 20.2. The van der Waals surface area contributed by atoms with E-state index in [0.717, 1.165) is 24.2 Å². The van der Waals surface area contributed by atoms with Gasteiger partial charge in [0, 0.05) is 24.0 Å². The summed E-state index contributed by atoms with van der Waals surface area (Å²) >= 11 is 0. The molecule has 0 saturated carbocycles. The van der Waals surface area contributed by atoms with Gasteiger partial charge in [0.15, 0.2) is 11.5 Å². The van der Waals surface area contributed by atoms with Crippen LogP contribution in [-0.2, 0) is 6.42 Å². The zero-order valence-electron chi connectivity index (χ0n) is 16.4. The molecule has 1 aliphatic rings. The third kappa shape index (κ3) is 3.85. The number of amides is 1. The predicted molar refractivity (Wildman–Crippen MR) is 111 cm³/mol. The van der Waals surface area contributed by atoms with Gasteiger partial charge < -0.3 is 19.7 Å². The Hall–Kier alpha value is -3.61. The van der Waals surface area contributed by atoms with Crippen LogP contribution in [0.15, 0.2) is 54.9 Å². The van der Waals surface area contributed by atoms with Gasteiger partial charge in [-0.15, -0.1) is 0 Å². The van der Waals surface area contributed by atoms with Gasteiger partial charge in [0.2, 0.25) is 0 Å². The van der Waals surface area contributed by atoms with Crippen LogP contribution in [0.2, 0.25) is 0 Å². The molecule has 0 radical (unpaired) electrons. The normalized spacial score (nSPS) is 12.8. The highest BCUT2D eigenvalue weighted by atomic mass is 16.5. The average Bonchev–Trinajstić information content (AvgIpc) is 2.78. The minimum absolute atomic E-state index is 0.137. The summed E-state index contributed by atoms with van der Waals surface area (Å²) in [4.78, 5) is 23.4. The van der Waals surface area contributed by atoms with Crippen LogP contribution >= 0.6 is 0 Å². The van der Waals surface area contributed by atoms with Gasteiger partial charge in [0.1, 0.15) is 11.5 Å². The van der Waals surface area contributed by atoms with E-state index in [0.29, 0.717) is 29.6 Å². The Bertz CT molecular complexity index is 1020. The van der Waals surface area contributed by atoms with Crippen molar-refractivity contribution in [2.24, 2.45) is 0 Å². The van der Waals surface area contributed by atoms with Gasteiger partial charge in [-0.05, 0) is 36.6 Å². The first kappa shape index (κ1) is 18.7. The fourth-order valence-corrected chi connectivity index (χ4v) is 3.45. The van der Waals surface area contributed by atoms with E-state index in [1.54, 1.807) is 31.4 Å². The first-order valence-corrected chi connectivity index (χ1v) is 9.40. The van der Waals surface area contributed by atoms with Gasteiger partial charge in [0.05, 0.1) is 26.6 Å². The van der Waals surface area contributed by atoms with Crippen LogP contribution in [0.25, 0.3) is 0 Å². The van der Waals surface area contributed by atoms with Gasteiger partial charge in [-0.1, -0.05) is 18.2 Å². The molecule has 7 nitrogen and oxygen atoms in total. The van der Waals surface area contributed by atoms with Crippen molar-refractivity contribution in [3.05, 3.63) is 66.1 Å². The topological polar surface area (TPSA) is 76.6 Å². The number of ether oxygens (including phenoxy) is 2. The van der Waals surface area contributed by atoms with E-state index in [2.05, 4.69) is 21.4 Å². The standard InChI is InChI=1S/C22H22N4O3/c1-28-19-10-9-16(12-20(19)29-2)25-21-14-23-17(13-24-21)22(27)26-11-5-7-15-6-3-4-8-18(15)26/h3-4,6,8-10,12-14H,5,7,11H2,1-2H3,(H,24,25). The molecule has 29 heavy (non-hydrogen) atoms. The second kappa shape index (κ2) is 8.18. The van der Waals surface area contributed by atoms with Crippen LogP contribution in [0.3, 0.4) is 0 Å². The van der Waals surface area contributed by atoms with Gasteiger partial charge in [-0.25, -0.2) is 9.97 Å². The molecule has 2 heterocycles. The highest BCUT2D eigenvalue weighted by Gasteiger charge is 2.24. The number of nitrogens with one attached hydrogen (secondary N) is 1. The number of nitrogens with zero attached hydrogens (tertiary/aromatic N) is 3. The van der Waals surface area contributed by atoms with Crippen molar-refractivity contribution in [1.29, 1.82) is 0 Å². The fourth-order valence-electron chi connectivity index (χ4n) is 3.45. The summed E-state index contributed by atoms with van der Waals surface area (Å²) in [6.45, 7) is 0.684. The largest absolute Gasteiger partial charge is 0.493 e. The van der Waals surface area contributed by atoms with E-state index >= 15 is 0 Å². The Morgan fingerprint density at radius 3 is 2.62 bits per heavy atom. The molecule has 3 aromatic rings. The van der Waals surface area contributed by atoms with E-state index in [1.807, 2.05) is 30.3 Å². The summed E-state index contributed by atoms with van der Waals surface area (Å²) in [5, 5.41) is 3.16. The molecule has 1 amide bonds. The molecule has 0 saturated heterocycles. The zero-order valence-corrected chi connectivity index (χ0v) is 16.4. The van der Waals surface area contributed by atoms with Gasteiger partial charge in [-0.3, -0.25) is 4.79 Å². The summed E-state index contributed by atoms with van der Waals surface area (Å²) in [6, 6.07) is 13.5. The van der Waals surface area contributed by atoms with Crippen molar-refractivity contribution in [2.75, 3.05) is 31.0 Å². The van der Waals surface area contributed by atoms with E-state index in [-0.39, 0.29) is 5.91 Å². The third-order valence-corrected chi connectivity index (χ3v) is 4.88. The lowest BCUT2D eigenvalue weighted by atomic mass is 10.0.